The minimum atomic E-state index is -0.444. The molecule has 0 bridgehead atoms. The van der Waals surface area contributed by atoms with Crippen molar-refractivity contribution in [3.63, 3.8) is 0 Å². The van der Waals surface area contributed by atoms with Gasteiger partial charge in [-0.3, -0.25) is 0 Å². The minimum Gasteiger partial charge on any atom is -0.324 e. The van der Waals surface area contributed by atoms with Crippen molar-refractivity contribution in [2.24, 2.45) is 11.7 Å². The third-order valence-corrected chi connectivity index (χ3v) is 2.08. The van der Waals surface area contributed by atoms with E-state index in [9.17, 15) is 8.78 Å². The molecule has 0 aliphatic carbocycles. The van der Waals surface area contributed by atoms with Gasteiger partial charge in [-0.15, -0.1) is 0 Å². The second kappa shape index (κ2) is 4.51. The second-order valence-electron chi connectivity index (χ2n) is 3.90. The van der Waals surface area contributed by atoms with Gasteiger partial charge < -0.3 is 5.73 Å². The smallest absolute Gasteiger partial charge is 0.128 e. The molecular weight excluding hydrogens is 184 g/mol. The maximum absolute atomic E-state index is 13.2. The van der Waals surface area contributed by atoms with Gasteiger partial charge in [0.05, 0.1) is 0 Å². The Morgan fingerprint density at radius 3 is 2.50 bits per heavy atom. The molecule has 0 aliphatic rings. The molecular formula is C11H15F2N. The lowest BCUT2D eigenvalue weighted by Gasteiger charge is -2.15. The van der Waals surface area contributed by atoms with Gasteiger partial charge in [-0.05, 0) is 30.5 Å². The average Bonchev–Trinajstić information content (AvgIpc) is 2.08. The Morgan fingerprint density at radius 2 is 1.93 bits per heavy atom. The van der Waals surface area contributed by atoms with Gasteiger partial charge in [0.25, 0.3) is 0 Å². The summed E-state index contributed by atoms with van der Waals surface area (Å²) in [6, 6.07) is 2.96. The molecule has 0 amide bonds. The van der Waals surface area contributed by atoms with Crippen molar-refractivity contribution in [2.75, 3.05) is 0 Å². The summed E-state index contributed by atoms with van der Waals surface area (Å²) < 4.78 is 26.0. The van der Waals surface area contributed by atoms with E-state index < -0.39 is 17.7 Å². The second-order valence-corrected chi connectivity index (χ2v) is 3.90. The first-order valence-electron chi connectivity index (χ1n) is 4.71. The summed E-state index contributed by atoms with van der Waals surface area (Å²) in [5.41, 5.74) is 6.02. The molecule has 1 nitrogen and oxygen atoms in total. The van der Waals surface area contributed by atoms with Gasteiger partial charge in [0.15, 0.2) is 0 Å². The molecule has 14 heavy (non-hydrogen) atoms. The van der Waals surface area contributed by atoms with Gasteiger partial charge in [0.2, 0.25) is 0 Å². The summed E-state index contributed by atoms with van der Waals surface area (Å²) in [6.45, 7) is 3.99. The summed E-state index contributed by atoms with van der Waals surface area (Å²) in [5.74, 6) is -0.507. The van der Waals surface area contributed by atoms with Crippen LogP contribution < -0.4 is 5.73 Å². The van der Waals surface area contributed by atoms with Gasteiger partial charge in [-0.25, -0.2) is 8.78 Å². The molecule has 0 heterocycles. The molecule has 0 fully saturated rings. The Hall–Kier alpha value is -0.960. The van der Waals surface area contributed by atoms with Crippen molar-refractivity contribution < 1.29 is 8.78 Å². The first-order valence-corrected chi connectivity index (χ1v) is 4.71. The molecule has 1 atom stereocenters. The predicted octanol–water partition coefficient (Wildman–Crippen LogP) is 3.01. The fraction of sp³-hybridized carbons (Fsp3) is 0.455. The van der Waals surface area contributed by atoms with E-state index >= 15 is 0 Å². The molecule has 0 saturated heterocycles. The summed E-state index contributed by atoms with van der Waals surface area (Å²) in [6.07, 6.45) is 0.653. The van der Waals surface area contributed by atoms with Crippen LogP contribution >= 0.6 is 0 Å². The molecule has 0 aliphatic heterocycles. The molecule has 1 aromatic rings. The van der Waals surface area contributed by atoms with Crippen LogP contribution in [0.4, 0.5) is 8.78 Å². The van der Waals surface area contributed by atoms with Crippen molar-refractivity contribution in [2.45, 2.75) is 26.3 Å². The molecule has 0 aromatic heterocycles. The van der Waals surface area contributed by atoms with Crippen LogP contribution in [0.2, 0.25) is 0 Å². The molecule has 0 radical (unpaired) electrons. The SMILES string of the molecule is CC(C)CC(N)c1cc(F)ccc1F. The van der Waals surface area contributed by atoms with Crippen LogP contribution in [0, 0.1) is 17.6 Å². The van der Waals surface area contributed by atoms with E-state index in [4.69, 9.17) is 5.73 Å². The number of benzene rings is 1. The van der Waals surface area contributed by atoms with Crippen molar-refractivity contribution >= 4 is 0 Å². The first-order chi connectivity index (χ1) is 6.50. The lowest BCUT2D eigenvalue weighted by molar-refractivity contribution is 0.484. The fourth-order valence-electron chi connectivity index (χ4n) is 1.43. The number of nitrogens with two attached hydrogens (primary N) is 1. The predicted molar refractivity (Wildman–Crippen MR) is 52.7 cm³/mol. The van der Waals surface area contributed by atoms with E-state index in [0.29, 0.717) is 12.3 Å². The van der Waals surface area contributed by atoms with Crippen molar-refractivity contribution in [3.8, 4) is 0 Å². The largest absolute Gasteiger partial charge is 0.324 e. The van der Waals surface area contributed by atoms with Crippen LogP contribution in [0.25, 0.3) is 0 Å². The van der Waals surface area contributed by atoms with Gasteiger partial charge in [-0.1, -0.05) is 13.8 Å². The standard InChI is InChI=1S/C11H15F2N/c1-7(2)5-11(14)9-6-8(12)3-4-10(9)13/h3-4,6-7,11H,5,14H2,1-2H3. The number of hydrogen-bond donors (Lipinski definition) is 1. The Kier molecular flexibility index (Phi) is 3.58. The number of rotatable bonds is 3. The monoisotopic (exact) mass is 199 g/mol. The molecule has 0 saturated carbocycles. The van der Waals surface area contributed by atoms with Crippen LogP contribution in [0.3, 0.4) is 0 Å². The maximum atomic E-state index is 13.2. The molecule has 0 spiro atoms. The van der Waals surface area contributed by atoms with Gasteiger partial charge in [0.1, 0.15) is 11.6 Å². The van der Waals surface area contributed by atoms with Crippen molar-refractivity contribution in [1.29, 1.82) is 0 Å². The highest BCUT2D eigenvalue weighted by Crippen LogP contribution is 2.22. The van der Waals surface area contributed by atoms with Gasteiger partial charge >= 0.3 is 0 Å². The highest BCUT2D eigenvalue weighted by Gasteiger charge is 2.13. The van der Waals surface area contributed by atoms with E-state index in [1.165, 1.54) is 6.07 Å². The molecule has 2 N–H and O–H groups in total. The van der Waals surface area contributed by atoms with Crippen LogP contribution in [0.5, 0.6) is 0 Å². The third-order valence-electron chi connectivity index (χ3n) is 2.08. The van der Waals surface area contributed by atoms with Gasteiger partial charge in [-0.2, -0.15) is 0 Å². The normalized spacial score (nSPS) is 13.3. The summed E-state index contributed by atoms with van der Waals surface area (Å²) in [5, 5.41) is 0. The Bertz CT molecular complexity index is 310. The molecule has 78 valence electrons. The van der Waals surface area contributed by atoms with Crippen LogP contribution in [-0.4, -0.2) is 0 Å². The quantitative estimate of drug-likeness (QED) is 0.795. The van der Waals surface area contributed by atoms with Crippen molar-refractivity contribution in [1.82, 2.24) is 0 Å². The molecule has 1 unspecified atom stereocenters. The van der Waals surface area contributed by atoms with E-state index in [2.05, 4.69) is 0 Å². The lowest BCUT2D eigenvalue weighted by Crippen LogP contribution is -2.14. The fourth-order valence-corrected chi connectivity index (χ4v) is 1.43. The Balaban J connectivity index is 2.88. The lowest BCUT2D eigenvalue weighted by atomic mass is 9.97. The van der Waals surface area contributed by atoms with Crippen LogP contribution in [-0.2, 0) is 0 Å². The maximum Gasteiger partial charge on any atom is 0.128 e. The summed E-state index contributed by atoms with van der Waals surface area (Å²) in [7, 11) is 0. The van der Waals surface area contributed by atoms with Crippen molar-refractivity contribution in [3.05, 3.63) is 35.4 Å². The highest BCUT2D eigenvalue weighted by atomic mass is 19.1. The minimum absolute atomic E-state index is 0.263. The Labute approximate surface area is 82.9 Å². The van der Waals surface area contributed by atoms with E-state index in [1.807, 2.05) is 13.8 Å². The molecule has 1 aromatic carbocycles. The zero-order valence-electron chi connectivity index (χ0n) is 8.43. The average molecular weight is 199 g/mol. The zero-order valence-corrected chi connectivity index (χ0v) is 8.43. The van der Waals surface area contributed by atoms with E-state index in [1.54, 1.807) is 0 Å². The highest BCUT2D eigenvalue weighted by molar-refractivity contribution is 5.21. The van der Waals surface area contributed by atoms with Crippen LogP contribution in [0.1, 0.15) is 31.9 Å². The summed E-state index contributed by atoms with van der Waals surface area (Å²) in [4.78, 5) is 0. The molecule has 3 heteroatoms. The molecule has 1 rings (SSSR count). The van der Waals surface area contributed by atoms with E-state index in [0.717, 1.165) is 12.1 Å². The van der Waals surface area contributed by atoms with Gasteiger partial charge in [0, 0.05) is 11.6 Å². The zero-order chi connectivity index (χ0) is 10.7. The topological polar surface area (TPSA) is 26.0 Å². The Morgan fingerprint density at radius 1 is 1.29 bits per heavy atom. The van der Waals surface area contributed by atoms with E-state index in [-0.39, 0.29) is 5.56 Å². The van der Waals surface area contributed by atoms with Crippen LogP contribution in [0.15, 0.2) is 18.2 Å². The number of hydrogen-bond acceptors (Lipinski definition) is 1. The number of halogens is 2. The summed E-state index contributed by atoms with van der Waals surface area (Å²) >= 11 is 0. The third kappa shape index (κ3) is 2.77. The first kappa shape index (κ1) is 11.1.